The summed E-state index contributed by atoms with van der Waals surface area (Å²) >= 11 is 0. The van der Waals surface area contributed by atoms with E-state index in [1.54, 1.807) is 28.8 Å². The third-order valence-electron chi connectivity index (χ3n) is 3.36. The standard InChI is InChI=1S/C11H15N5O2/c1-6-7(17)3-8(18-6)16-5-13-9-10(12)15(2)4-14-11(9)16/h4-8,12,17H,3H2,1-2H3/t6-,7+,8-/m1/s1. The van der Waals surface area contributed by atoms with Gasteiger partial charge in [-0.05, 0) is 6.92 Å². The first kappa shape index (κ1) is 11.4. The van der Waals surface area contributed by atoms with Gasteiger partial charge in [0.05, 0.1) is 24.9 Å². The van der Waals surface area contributed by atoms with Gasteiger partial charge in [-0.2, -0.15) is 0 Å². The number of nitrogens with one attached hydrogen (secondary N) is 1. The number of imidazole rings is 1. The molecule has 2 aromatic heterocycles. The average Bonchev–Trinajstić information content (AvgIpc) is 2.89. The zero-order valence-corrected chi connectivity index (χ0v) is 10.2. The van der Waals surface area contributed by atoms with Gasteiger partial charge in [0.25, 0.3) is 0 Å². The minimum Gasteiger partial charge on any atom is -0.390 e. The van der Waals surface area contributed by atoms with Crippen LogP contribution in [0.25, 0.3) is 11.2 Å². The van der Waals surface area contributed by atoms with Crippen molar-refractivity contribution < 1.29 is 9.84 Å². The predicted molar refractivity (Wildman–Crippen MR) is 62.6 cm³/mol. The summed E-state index contributed by atoms with van der Waals surface area (Å²) in [6.07, 6.45) is 2.79. The maximum Gasteiger partial charge on any atom is 0.167 e. The normalized spacial score (nSPS) is 28.1. The van der Waals surface area contributed by atoms with E-state index in [9.17, 15) is 5.11 Å². The Balaban J connectivity index is 2.09. The molecule has 1 fully saturated rings. The molecule has 3 rings (SSSR count). The van der Waals surface area contributed by atoms with Gasteiger partial charge in [0.1, 0.15) is 11.7 Å². The zero-order valence-electron chi connectivity index (χ0n) is 10.2. The van der Waals surface area contributed by atoms with Crippen LogP contribution in [-0.2, 0) is 11.8 Å². The van der Waals surface area contributed by atoms with Crippen LogP contribution in [0.1, 0.15) is 19.6 Å². The minimum absolute atomic E-state index is 0.192. The Morgan fingerprint density at radius 2 is 2.22 bits per heavy atom. The van der Waals surface area contributed by atoms with Crippen LogP contribution >= 0.6 is 0 Å². The van der Waals surface area contributed by atoms with Gasteiger partial charge in [-0.15, -0.1) is 0 Å². The van der Waals surface area contributed by atoms with Gasteiger partial charge in [-0.3, -0.25) is 9.98 Å². The largest absolute Gasteiger partial charge is 0.390 e. The van der Waals surface area contributed by atoms with Crippen molar-refractivity contribution in [3.05, 3.63) is 18.1 Å². The molecular weight excluding hydrogens is 234 g/mol. The van der Waals surface area contributed by atoms with Crippen LogP contribution in [0.3, 0.4) is 0 Å². The first-order chi connectivity index (χ1) is 8.58. The molecule has 2 N–H and O–H groups in total. The van der Waals surface area contributed by atoms with Gasteiger partial charge < -0.3 is 14.4 Å². The van der Waals surface area contributed by atoms with Crippen molar-refractivity contribution >= 4 is 11.2 Å². The molecule has 3 atom stereocenters. The van der Waals surface area contributed by atoms with Crippen LogP contribution in [0.5, 0.6) is 0 Å². The Labute approximate surface area is 103 Å². The van der Waals surface area contributed by atoms with E-state index < -0.39 is 6.10 Å². The lowest BCUT2D eigenvalue weighted by Crippen LogP contribution is -2.18. The van der Waals surface area contributed by atoms with Gasteiger partial charge in [0.15, 0.2) is 11.1 Å². The monoisotopic (exact) mass is 249 g/mol. The molecule has 0 spiro atoms. The van der Waals surface area contributed by atoms with Gasteiger partial charge >= 0.3 is 0 Å². The Morgan fingerprint density at radius 1 is 1.44 bits per heavy atom. The van der Waals surface area contributed by atoms with Crippen LogP contribution in [0.15, 0.2) is 12.7 Å². The predicted octanol–water partition coefficient (Wildman–Crippen LogP) is -0.0824. The highest BCUT2D eigenvalue weighted by atomic mass is 16.5. The van der Waals surface area contributed by atoms with Crippen molar-refractivity contribution in [1.82, 2.24) is 19.1 Å². The second-order valence-electron chi connectivity index (χ2n) is 4.63. The number of hydrogen-bond donors (Lipinski definition) is 2. The van der Waals surface area contributed by atoms with E-state index in [0.29, 0.717) is 23.1 Å². The summed E-state index contributed by atoms with van der Waals surface area (Å²) in [6, 6.07) is 0. The highest BCUT2D eigenvalue weighted by molar-refractivity contribution is 5.68. The molecule has 18 heavy (non-hydrogen) atoms. The Bertz CT molecular complexity index is 636. The van der Waals surface area contributed by atoms with E-state index in [2.05, 4.69) is 9.97 Å². The molecular formula is C11H15N5O2. The van der Waals surface area contributed by atoms with Crippen LogP contribution in [0.4, 0.5) is 0 Å². The molecule has 2 aromatic rings. The summed E-state index contributed by atoms with van der Waals surface area (Å²) in [5, 5.41) is 17.6. The van der Waals surface area contributed by atoms with Crippen molar-refractivity contribution in [2.45, 2.75) is 31.8 Å². The Hall–Kier alpha value is -1.73. The van der Waals surface area contributed by atoms with Crippen molar-refractivity contribution in [3.8, 4) is 0 Å². The first-order valence-electron chi connectivity index (χ1n) is 5.84. The summed E-state index contributed by atoms with van der Waals surface area (Å²) in [4.78, 5) is 8.48. The fourth-order valence-electron chi connectivity index (χ4n) is 2.20. The fourth-order valence-corrected chi connectivity index (χ4v) is 2.20. The molecule has 0 aromatic carbocycles. The van der Waals surface area contributed by atoms with Crippen LogP contribution in [0.2, 0.25) is 0 Å². The maximum absolute atomic E-state index is 9.72. The summed E-state index contributed by atoms with van der Waals surface area (Å²) in [6.45, 7) is 1.84. The van der Waals surface area contributed by atoms with E-state index in [4.69, 9.17) is 10.1 Å². The molecule has 0 saturated carbocycles. The number of aliphatic hydroxyl groups excluding tert-OH is 1. The molecule has 0 radical (unpaired) electrons. The van der Waals surface area contributed by atoms with E-state index in [0.717, 1.165) is 0 Å². The van der Waals surface area contributed by atoms with E-state index in [1.807, 2.05) is 6.92 Å². The lowest BCUT2D eigenvalue weighted by atomic mass is 10.2. The Kier molecular flexibility index (Phi) is 2.46. The summed E-state index contributed by atoms with van der Waals surface area (Å²) in [5.41, 5.74) is 1.47. The highest BCUT2D eigenvalue weighted by Crippen LogP contribution is 2.29. The molecule has 3 heterocycles. The van der Waals surface area contributed by atoms with Crippen molar-refractivity contribution in [1.29, 1.82) is 5.41 Å². The summed E-state index contributed by atoms with van der Waals surface area (Å²) < 4.78 is 9.04. The van der Waals surface area contributed by atoms with Crippen LogP contribution < -0.4 is 5.49 Å². The zero-order chi connectivity index (χ0) is 12.9. The second kappa shape index (κ2) is 3.89. The molecule has 7 nitrogen and oxygen atoms in total. The third-order valence-corrected chi connectivity index (χ3v) is 3.36. The number of ether oxygens (including phenoxy) is 1. The van der Waals surface area contributed by atoms with Gasteiger partial charge in [-0.25, -0.2) is 9.97 Å². The fraction of sp³-hybridized carbons (Fsp3) is 0.545. The van der Waals surface area contributed by atoms with Crippen molar-refractivity contribution in [3.63, 3.8) is 0 Å². The van der Waals surface area contributed by atoms with Crippen LogP contribution in [0, 0.1) is 5.41 Å². The van der Waals surface area contributed by atoms with E-state index in [-0.39, 0.29) is 12.3 Å². The van der Waals surface area contributed by atoms with Gasteiger partial charge in [-0.1, -0.05) is 0 Å². The van der Waals surface area contributed by atoms with Crippen molar-refractivity contribution in [2.75, 3.05) is 0 Å². The van der Waals surface area contributed by atoms with Gasteiger partial charge in [0, 0.05) is 13.5 Å². The van der Waals surface area contributed by atoms with Crippen molar-refractivity contribution in [2.24, 2.45) is 7.05 Å². The Morgan fingerprint density at radius 3 is 2.89 bits per heavy atom. The quantitative estimate of drug-likeness (QED) is 0.739. The first-order valence-corrected chi connectivity index (χ1v) is 5.84. The number of aryl methyl sites for hydroxylation is 1. The number of fused-ring (bicyclic) bond motifs is 1. The number of nitrogens with zero attached hydrogens (tertiary/aromatic N) is 4. The number of aliphatic hydroxyl groups is 1. The lowest BCUT2D eigenvalue weighted by Gasteiger charge is -2.12. The second-order valence-corrected chi connectivity index (χ2v) is 4.63. The molecule has 0 aliphatic carbocycles. The molecule has 7 heteroatoms. The molecule has 0 bridgehead atoms. The molecule has 1 saturated heterocycles. The molecule has 0 unspecified atom stereocenters. The third kappa shape index (κ3) is 1.55. The smallest absolute Gasteiger partial charge is 0.167 e. The SMILES string of the molecule is C[C@H]1O[C@@H](n2cnc3c(=N)n(C)cnc32)C[C@@H]1O. The van der Waals surface area contributed by atoms with Crippen LogP contribution in [-0.4, -0.2) is 36.4 Å². The van der Waals surface area contributed by atoms with E-state index >= 15 is 0 Å². The molecule has 0 amide bonds. The molecule has 1 aliphatic rings. The lowest BCUT2D eigenvalue weighted by molar-refractivity contribution is -0.00633. The summed E-state index contributed by atoms with van der Waals surface area (Å²) in [7, 11) is 1.76. The number of aromatic nitrogens is 4. The van der Waals surface area contributed by atoms with E-state index in [1.165, 1.54) is 0 Å². The topological polar surface area (TPSA) is 89.0 Å². The number of hydrogen-bond acceptors (Lipinski definition) is 5. The molecule has 1 aliphatic heterocycles. The minimum atomic E-state index is -0.470. The number of rotatable bonds is 1. The maximum atomic E-state index is 9.72. The highest BCUT2D eigenvalue weighted by Gasteiger charge is 2.32. The molecule has 96 valence electrons. The summed E-state index contributed by atoms with van der Waals surface area (Å²) in [5.74, 6) is 0. The van der Waals surface area contributed by atoms with Gasteiger partial charge in [0.2, 0.25) is 0 Å². The average molecular weight is 249 g/mol.